The van der Waals surface area contributed by atoms with Gasteiger partial charge in [0.2, 0.25) is 0 Å². The van der Waals surface area contributed by atoms with E-state index in [1.54, 1.807) is 0 Å². The van der Waals surface area contributed by atoms with Crippen LogP contribution in [0.3, 0.4) is 0 Å². The van der Waals surface area contributed by atoms with Crippen molar-refractivity contribution in [2.24, 2.45) is 33.5 Å². The first-order valence-electron chi connectivity index (χ1n) is 12.8. The molecule has 0 heterocycles. The number of allylic oxidation sites excluding steroid dienone is 4. The van der Waals surface area contributed by atoms with Gasteiger partial charge in [0.05, 0.1) is 0 Å². The maximum absolute atomic E-state index is 3.10. The molecule has 0 saturated carbocycles. The van der Waals surface area contributed by atoms with Crippen molar-refractivity contribution >= 4 is 18.5 Å². The van der Waals surface area contributed by atoms with E-state index in [1.165, 1.54) is 12.8 Å². The number of hydrogen-bond acceptors (Lipinski definition) is 0. The van der Waals surface area contributed by atoms with Crippen LogP contribution in [0.1, 0.15) is 124 Å². The Morgan fingerprint density at radius 2 is 0.667 bits per heavy atom. The molecule has 0 amide bonds. The van der Waals surface area contributed by atoms with Crippen molar-refractivity contribution in [3.63, 3.8) is 0 Å². The zero-order valence-corrected chi connectivity index (χ0v) is 29.2. The summed E-state index contributed by atoms with van der Waals surface area (Å²) in [6.45, 7) is 37.0. The van der Waals surface area contributed by atoms with Crippen LogP contribution >= 0.6 is 18.5 Å². The van der Waals surface area contributed by atoms with Gasteiger partial charge in [-0.15, -0.1) is 18.5 Å². The number of rotatable bonds is 6. The van der Waals surface area contributed by atoms with Crippen LogP contribution < -0.4 is 0 Å². The normalized spacial score (nSPS) is 14.7. The Balaban J connectivity index is -0.000000529. The van der Waals surface area contributed by atoms with Crippen molar-refractivity contribution in [3.8, 4) is 0 Å². The van der Waals surface area contributed by atoms with Crippen molar-refractivity contribution in [1.82, 2.24) is 0 Å². The summed E-state index contributed by atoms with van der Waals surface area (Å²) in [7, 11) is 6.20. The van der Waals surface area contributed by atoms with E-state index in [4.69, 9.17) is 0 Å². The Morgan fingerprint density at radius 3 is 0.788 bits per heavy atom. The Morgan fingerprint density at radius 1 is 0.485 bits per heavy atom. The molecule has 0 aromatic rings. The van der Waals surface area contributed by atoms with Crippen LogP contribution in [-0.4, -0.2) is 10.3 Å². The Labute approximate surface area is 229 Å². The molecule has 0 aromatic heterocycles. The van der Waals surface area contributed by atoms with E-state index in [1.807, 2.05) is 0 Å². The average Bonchev–Trinajstić information content (AvgIpc) is 2.50. The van der Waals surface area contributed by atoms with E-state index in [-0.39, 0.29) is 52.4 Å². The molecular formula is C30H62P2Pd. The largest absolute Gasteiger partial charge is 0.126 e. The van der Waals surface area contributed by atoms with Gasteiger partial charge < -0.3 is 0 Å². The first kappa shape index (κ1) is 38.5. The zero-order chi connectivity index (χ0) is 26.4. The van der Waals surface area contributed by atoms with E-state index >= 15 is 0 Å². The summed E-state index contributed by atoms with van der Waals surface area (Å²) in [5.41, 5.74) is 1.01. The molecule has 2 atom stereocenters. The topological polar surface area (TPSA) is 0 Å². The second-order valence-corrected chi connectivity index (χ2v) is 16.6. The van der Waals surface area contributed by atoms with Gasteiger partial charge in [0.1, 0.15) is 0 Å². The maximum atomic E-state index is 3.10. The SMILES string of the molecule is CC(C)CC=CC(P)(C(C)(C)C)C(C)(C)C.CC(C)CC=CC(P)(C(C)(C)C)C(C)(C)C.[Pd]. The van der Waals surface area contributed by atoms with E-state index < -0.39 is 0 Å². The standard InChI is InChI=1S/2C15H31P.Pd/c2*1-12(2)10-9-11-15(16,13(3,4)5)14(6,7)8;/h2*9,11-12H,10,16H2,1-8H3;. The molecule has 0 aliphatic rings. The fraction of sp³-hybridized carbons (Fsp3) is 0.867. The van der Waals surface area contributed by atoms with Crippen LogP contribution in [0.2, 0.25) is 0 Å². The van der Waals surface area contributed by atoms with Crippen LogP contribution in [0.25, 0.3) is 0 Å². The smallest absolute Gasteiger partial charge is 0.0123 e. The van der Waals surface area contributed by atoms with Crippen molar-refractivity contribution in [2.75, 3.05) is 0 Å². The summed E-state index contributed by atoms with van der Waals surface area (Å²) in [5.74, 6) is 1.48. The second-order valence-electron chi connectivity index (χ2n) is 14.8. The molecule has 0 bridgehead atoms. The molecule has 0 fully saturated rings. The van der Waals surface area contributed by atoms with Gasteiger partial charge in [-0.1, -0.05) is 135 Å². The fourth-order valence-electron chi connectivity index (χ4n) is 4.30. The van der Waals surface area contributed by atoms with Crippen molar-refractivity contribution in [2.45, 2.75) is 134 Å². The molecule has 2 unspecified atom stereocenters. The van der Waals surface area contributed by atoms with Gasteiger partial charge in [0.15, 0.2) is 0 Å². The summed E-state index contributed by atoms with van der Waals surface area (Å²) < 4.78 is 0. The first-order chi connectivity index (χ1) is 13.8. The second kappa shape index (κ2) is 14.1. The minimum atomic E-state index is 0. The Kier molecular flexibility index (Phi) is 16.4. The van der Waals surface area contributed by atoms with E-state index in [0.717, 1.165) is 11.8 Å². The molecule has 0 aromatic carbocycles. The van der Waals surface area contributed by atoms with Gasteiger partial charge in [0.25, 0.3) is 0 Å². The monoisotopic (exact) mass is 590 g/mol. The van der Waals surface area contributed by atoms with Crippen LogP contribution in [0.15, 0.2) is 24.3 Å². The van der Waals surface area contributed by atoms with Gasteiger partial charge in [-0.2, -0.15) is 0 Å². The minimum absolute atomic E-state index is 0. The fourth-order valence-corrected chi connectivity index (χ4v) is 4.57. The maximum Gasteiger partial charge on any atom is 0.0123 e. The summed E-state index contributed by atoms with van der Waals surface area (Å²) in [6.07, 6.45) is 11.9. The minimum Gasteiger partial charge on any atom is -0.126 e. The molecule has 3 heteroatoms. The van der Waals surface area contributed by atoms with Gasteiger partial charge in [0, 0.05) is 30.7 Å². The molecule has 0 saturated heterocycles. The molecule has 202 valence electrons. The molecule has 0 radical (unpaired) electrons. The molecule has 0 nitrogen and oxygen atoms in total. The Bertz CT molecular complexity index is 503. The van der Waals surface area contributed by atoms with Crippen molar-refractivity contribution < 1.29 is 20.4 Å². The summed E-state index contributed by atoms with van der Waals surface area (Å²) in [6, 6.07) is 0. The third-order valence-electron chi connectivity index (χ3n) is 6.94. The summed E-state index contributed by atoms with van der Waals surface area (Å²) in [5, 5.41) is 0.295. The van der Waals surface area contributed by atoms with Gasteiger partial charge in [-0.25, -0.2) is 0 Å². The molecule has 0 N–H and O–H groups in total. The quantitative estimate of drug-likeness (QED) is 0.164. The predicted octanol–water partition coefficient (Wildman–Crippen LogP) is 10.6. The van der Waals surface area contributed by atoms with E-state index in [2.05, 4.69) is 154 Å². The molecule has 0 aliphatic carbocycles. The van der Waals surface area contributed by atoms with Crippen LogP contribution in [0.5, 0.6) is 0 Å². The van der Waals surface area contributed by atoms with Crippen molar-refractivity contribution in [1.29, 1.82) is 0 Å². The third-order valence-corrected chi connectivity index (χ3v) is 10.8. The molecule has 0 rings (SSSR count). The van der Waals surface area contributed by atoms with Crippen LogP contribution in [0, 0.1) is 33.5 Å². The van der Waals surface area contributed by atoms with E-state index in [9.17, 15) is 0 Å². The van der Waals surface area contributed by atoms with Crippen molar-refractivity contribution in [3.05, 3.63) is 24.3 Å². The summed E-state index contributed by atoms with van der Waals surface area (Å²) >= 11 is 0. The predicted molar refractivity (Wildman–Crippen MR) is 160 cm³/mol. The molecule has 0 spiro atoms. The average molecular weight is 591 g/mol. The summed E-state index contributed by atoms with van der Waals surface area (Å²) in [4.78, 5) is 0. The zero-order valence-electron chi connectivity index (χ0n) is 25.3. The van der Waals surface area contributed by atoms with Crippen LogP contribution in [0.4, 0.5) is 0 Å². The number of hydrogen-bond donors (Lipinski definition) is 0. The first-order valence-corrected chi connectivity index (χ1v) is 13.9. The molecule has 33 heavy (non-hydrogen) atoms. The van der Waals surface area contributed by atoms with Crippen LogP contribution in [-0.2, 0) is 20.4 Å². The van der Waals surface area contributed by atoms with E-state index in [0.29, 0.717) is 0 Å². The van der Waals surface area contributed by atoms with Gasteiger partial charge in [-0.05, 0) is 46.3 Å². The Hall–Kier alpha value is 1.00. The molecule has 0 aliphatic heterocycles. The van der Waals surface area contributed by atoms with Gasteiger partial charge in [-0.3, -0.25) is 0 Å². The van der Waals surface area contributed by atoms with Gasteiger partial charge >= 0.3 is 0 Å². The third kappa shape index (κ3) is 12.2. The molecular weight excluding hydrogens is 529 g/mol.